The molecular weight excluding hydrogens is 456 g/mol. The number of fused-ring (bicyclic) bond motifs is 1. The first-order valence-corrected chi connectivity index (χ1v) is 12.6. The summed E-state index contributed by atoms with van der Waals surface area (Å²) in [7, 11) is 0. The van der Waals surface area contributed by atoms with Crippen LogP contribution in [0.3, 0.4) is 0 Å². The van der Waals surface area contributed by atoms with E-state index >= 15 is 0 Å². The number of aromatic nitrogens is 3. The molecule has 0 aliphatic rings. The van der Waals surface area contributed by atoms with Crippen molar-refractivity contribution in [3.05, 3.63) is 64.4 Å². The molecular formula is C25H29ClN4S2. The topological polar surface area (TPSA) is 26.0 Å². The van der Waals surface area contributed by atoms with Gasteiger partial charge in [-0.1, -0.05) is 75.7 Å². The summed E-state index contributed by atoms with van der Waals surface area (Å²) >= 11 is 14.5. The summed E-state index contributed by atoms with van der Waals surface area (Å²) in [6.07, 6.45) is 0. The van der Waals surface area contributed by atoms with Crippen LogP contribution in [-0.2, 0) is 6.67 Å². The first-order valence-electron chi connectivity index (χ1n) is 11.0. The number of hydrogen-bond donors (Lipinski definition) is 0. The second kappa shape index (κ2) is 9.87. The SMILES string of the molecule is CC(C)CN(CC(C)C)Cn1nc(-c2sc3ccccc3c2Cl)n(-c2ccccc2)c1=S. The van der Waals surface area contributed by atoms with E-state index in [0.29, 0.717) is 23.3 Å². The van der Waals surface area contributed by atoms with Gasteiger partial charge in [0.15, 0.2) is 5.82 Å². The Morgan fingerprint density at radius 1 is 0.969 bits per heavy atom. The third-order valence-corrected chi connectivity index (χ3v) is 7.24. The van der Waals surface area contributed by atoms with Crippen molar-refractivity contribution in [3.63, 3.8) is 0 Å². The second-order valence-corrected chi connectivity index (χ2v) is 10.8. The fourth-order valence-corrected chi connectivity index (χ4v) is 5.81. The number of nitrogens with zero attached hydrogens (tertiary/aromatic N) is 4. The number of rotatable bonds is 8. The van der Waals surface area contributed by atoms with E-state index in [4.69, 9.17) is 28.9 Å². The van der Waals surface area contributed by atoms with Gasteiger partial charge in [0.25, 0.3) is 0 Å². The normalized spacial score (nSPS) is 12.0. The molecule has 0 N–H and O–H groups in total. The number of halogens is 1. The molecule has 2 aromatic carbocycles. The standard InChI is InChI=1S/C25H29ClN4S2/c1-17(2)14-28(15-18(3)4)16-29-25(31)30(19-10-6-5-7-11-19)24(27-29)23-22(26)20-12-8-9-13-21(20)32-23/h5-13,17-18H,14-16H2,1-4H3. The Balaban J connectivity index is 1.86. The van der Waals surface area contributed by atoms with Crippen molar-refractivity contribution in [2.45, 2.75) is 34.4 Å². The summed E-state index contributed by atoms with van der Waals surface area (Å²) in [4.78, 5) is 3.38. The fourth-order valence-electron chi connectivity index (χ4n) is 4.03. The van der Waals surface area contributed by atoms with Crippen LogP contribution in [0.15, 0.2) is 54.6 Å². The summed E-state index contributed by atoms with van der Waals surface area (Å²) in [6, 6.07) is 18.4. The van der Waals surface area contributed by atoms with Crippen LogP contribution in [0.5, 0.6) is 0 Å². The number of para-hydroxylation sites is 1. The van der Waals surface area contributed by atoms with Gasteiger partial charge in [0.2, 0.25) is 4.77 Å². The first kappa shape index (κ1) is 23.2. The van der Waals surface area contributed by atoms with Gasteiger partial charge in [-0.3, -0.25) is 9.47 Å². The maximum Gasteiger partial charge on any atom is 0.204 e. The quantitative estimate of drug-likeness (QED) is 0.242. The zero-order valence-corrected chi connectivity index (χ0v) is 21.3. The van der Waals surface area contributed by atoms with Crippen LogP contribution in [0.4, 0.5) is 0 Å². The second-order valence-electron chi connectivity index (χ2n) is 8.98. The Bertz CT molecular complexity index is 1240. The van der Waals surface area contributed by atoms with Crippen molar-refractivity contribution in [1.29, 1.82) is 0 Å². The molecule has 0 aliphatic heterocycles. The van der Waals surface area contributed by atoms with E-state index in [1.54, 1.807) is 11.3 Å². The summed E-state index contributed by atoms with van der Waals surface area (Å²) in [5, 5.41) is 6.81. The molecule has 0 bridgehead atoms. The lowest BCUT2D eigenvalue weighted by Gasteiger charge is -2.25. The predicted molar refractivity (Wildman–Crippen MR) is 139 cm³/mol. The zero-order chi connectivity index (χ0) is 22.8. The van der Waals surface area contributed by atoms with Crippen molar-refractivity contribution >= 4 is 45.2 Å². The number of thiophene rings is 1. The maximum absolute atomic E-state index is 6.86. The summed E-state index contributed by atoms with van der Waals surface area (Å²) in [5.74, 6) is 1.92. The van der Waals surface area contributed by atoms with Crippen molar-refractivity contribution in [2.75, 3.05) is 13.1 Å². The van der Waals surface area contributed by atoms with Crippen molar-refractivity contribution in [2.24, 2.45) is 11.8 Å². The third kappa shape index (κ3) is 4.84. The van der Waals surface area contributed by atoms with E-state index < -0.39 is 0 Å². The summed E-state index contributed by atoms with van der Waals surface area (Å²) in [5.41, 5.74) is 0.992. The molecule has 32 heavy (non-hydrogen) atoms. The Labute approximate surface area is 204 Å². The lowest BCUT2D eigenvalue weighted by molar-refractivity contribution is 0.165. The minimum absolute atomic E-state index is 0.565. The van der Waals surface area contributed by atoms with Crippen LogP contribution in [0, 0.1) is 16.6 Å². The van der Waals surface area contributed by atoms with Gasteiger partial charge in [-0.05, 0) is 42.3 Å². The fraction of sp³-hybridized carbons (Fsp3) is 0.360. The molecule has 4 nitrogen and oxygen atoms in total. The lowest BCUT2D eigenvalue weighted by atomic mass is 10.1. The van der Waals surface area contributed by atoms with Gasteiger partial charge in [0, 0.05) is 23.2 Å². The van der Waals surface area contributed by atoms with E-state index in [9.17, 15) is 0 Å². The van der Waals surface area contributed by atoms with E-state index in [1.165, 1.54) is 0 Å². The summed E-state index contributed by atoms with van der Waals surface area (Å²) < 4.78 is 5.82. The molecule has 7 heteroatoms. The van der Waals surface area contributed by atoms with Crippen molar-refractivity contribution in [3.8, 4) is 16.4 Å². The van der Waals surface area contributed by atoms with Gasteiger partial charge in [0.05, 0.1) is 22.3 Å². The Morgan fingerprint density at radius 2 is 1.59 bits per heavy atom. The summed E-state index contributed by atoms with van der Waals surface area (Å²) in [6.45, 7) is 11.6. The highest BCUT2D eigenvalue weighted by molar-refractivity contribution is 7.71. The maximum atomic E-state index is 6.86. The average Bonchev–Trinajstić information content (AvgIpc) is 3.25. The van der Waals surface area contributed by atoms with Gasteiger partial charge in [-0.25, -0.2) is 4.68 Å². The molecule has 0 unspecified atom stereocenters. The minimum Gasteiger partial charge on any atom is -0.284 e. The zero-order valence-electron chi connectivity index (χ0n) is 19.0. The van der Waals surface area contributed by atoms with Crippen LogP contribution < -0.4 is 0 Å². The highest BCUT2D eigenvalue weighted by Crippen LogP contribution is 2.42. The molecule has 0 saturated carbocycles. The van der Waals surface area contributed by atoms with Gasteiger partial charge in [-0.15, -0.1) is 16.4 Å². The van der Waals surface area contributed by atoms with E-state index in [-0.39, 0.29) is 0 Å². The van der Waals surface area contributed by atoms with Crippen molar-refractivity contribution in [1.82, 2.24) is 19.2 Å². The van der Waals surface area contributed by atoms with Gasteiger partial charge >= 0.3 is 0 Å². The molecule has 0 radical (unpaired) electrons. The molecule has 0 fully saturated rings. The molecule has 4 rings (SSSR count). The largest absolute Gasteiger partial charge is 0.284 e. The molecule has 0 atom stereocenters. The minimum atomic E-state index is 0.565. The predicted octanol–water partition coefficient (Wildman–Crippen LogP) is 7.51. The molecule has 168 valence electrons. The van der Waals surface area contributed by atoms with E-state index in [1.807, 2.05) is 35.0 Å². The monoisotopic (exact) mass is 484 g/mol. The van der Waals surface area contributed by atoms with Gasteiger partial charge < -0.3 is 0 Å². The van der Waals surface area contributed by atoms with Crippen LogP contribution in [0.1, 0.15) is 27.7 Å². The molecule has 2 aromatic heterocycles. The van der Waals surface area contributed by atoms with Crippen LogP contribution in [0.25, 0.3) is 26.5 Å². The van der Waals surface area contributed by atoms with Gasteiger partial charge in [-0.2, -0.15) is 0 Å². The van der Waals surface area contributed by atoms with E-state index in [2.05, 4.69) is 61.4 Å². The van der Waals surface area contributed by atoms with E-state index in [0.717, 1.165) is 44.6 Å². The highest BCUT2D eigenvalue weighted by atomic mass is 35.5. The molecule has 0 spiro atoms. The Hall–Kier alpha value is -1.99. The van der Waals surface area contributed by atoms with Crippen LogP contribution in [-0.4, -0.2) is 32.3 Å². The highest BCUT2D eigenvalue weighted by Gasteiger charge is 2.22. The lowest BCUT2D eigenvalue weighted by Crippen LogP contribution is -2.33. The molecule has 4 aromatic rings. The molecule has 0 saturated heterocycles. The Kier molecular flexibility index (Phi) is 7.15. The van der Waals surface area contributed by atoms with Gasteiger partial charge in [0.1, 0.15) is 0 Å². The molecule has 2 heterocycles. The number of hydrogen-bond acceptors (Lipinski definition) is 4. The molecule has 0 aliphatic carbocycles. The van der Waals surface area contributed by atoms with Crippen molar-refractivity contribution < 1.29 is 0 Å². The Morgan fingerprint density at radius 3 is 2.22 bits per heavy atom. The molecule has 0 amide bonds. The third-order valence-electron chi connectivity index (χ3n) is 5.17. The van der Waals surface area contributed by atoms with Crippen LogP contribution >= 0.6 is 35.2 Å². The smallest absolute Gasteiger partial charge is 0.204 e. The average molecular weight is 485 g/mol. The van der Waals surface area contributed by atoms with Crippen LogP contribution in [0.2, 0.25) is 5.02 Å². The first-order chi connectivity index (χ1) is 15.3. The number of benzene rings is 2.